The molecule has 1 heterocycles. The van der Waals surface area contributed by atoms with E-state index in [-0.39, 0.29) is 6.04 Å². The van der Waals surface area contributed by atoms with Crippen molar-refractivity contribution in [2.24, 2.45) is 5.73 Å². The normalized spacial score (nSPS) is 28.2. The lowest BCUT2D eigenvalue weighted by molar-refractivity contribution is 0.544. The Bertz CT molecular complexity index is 281. The Morgan fingerprint density at radius 3 is 3.08 bits per heavy atom. The zero-order valence-electron chi connectivity index (χ0n) is 7.98. The van der Waals surface area contributed by atoms with Crippen molar-refractivity contribution in [2.45, 2.75) is 44.7 Å². The van der Waals surface area contributed by atoms with Gasteiger partial charge in [0.2, 0.25) is 0 Å². The fraction of sp³-hybridized carbons (Fsp3) is 0.778. The van der Waals surface area contributed by atoms with Crippen LogP contribution in [0.5, 0.6) is 0 Å². The Morgan fingerprint density at radius 2 is 2.46 bits per heavy atom. The summed E-state index contributed by atoms with van der Waals surface area (Å²) in [5.41, 5.74) is 6.01. The van der Waals surface area contributed by atoms with Gasteiger partial charge < -0.3 is 10.3 Å². The van der Waals surface area contributed by atoms with Crippen LogP contribution in [-0.2, 0) is 6.54 Å². The molecule has 4 nitrogen and oxygen atoms in total. The number of aromatic nitrogens is 3. The van der Waals surface area contributed by atoms with Gasteiger partial charge in [-0.2, -0.15) is 0 Å². The third-order valence-corrected chi connectivity index (χ3v) is 2.89. The fourth-order valence-corrected chi connectivity index (χ4v) is 2.10. The molecule has 1 aromatic heterocycles. The van der Waals surface area contributed by atoms with Crippen molar-refractivity contribution in [3.8, 4) is 0 Å². The van der Waals surface area contributed by atoms with Crippen LogP contribution in [0.4, 0.5) is 0 Å². The molecular formula is C9H16N4. The lowest BCUT2D eigenvalue weighted by Crippen LogP contribution is -2.25. The van der Waals surface area contributed by atoms with E-state index in [1.807, 2.05) is 0 Å². The van der Waals surface area contributed by atoms with Crippen LogP contribution < -0.4 is 5.73 Å². The summed E-state index contributed by atoms with van der Waals surface area (Å²) < 4.78 is 2.09. The molecule has 2 atom stereocenters. The van der Waals surface area contributed by atoms with E-state index in [0.29, 0.717) is 5.92 Å². The Balaban J connectivity index is 2.23. The standard InChI is InChI=1S/C9H16N4/c1-2-13-6-11-12-9(13)7-4-3-5-8(7)10/h6-8H,2-5,10H2,1H3. The van der Waals surface area contributed by atoms with Gasteiger partial charge in [-0.05, 0) is 19.8 Å². The second-order valence-corrected chi connectivity index (χ2v) is 3.68. The first-order valence-corrected chi connectivity index (χ1v) is 4.96. The van der Waals surface area contributed by atoms with Gasteiger partial charge in [0.15, 0.2) is 0 Å². The second kappa shape index (κ2) is 3.46. The van der Waals surface area contributed by atoms with Crippen LogP contribution in [0.25, 0.3) is 0 Å². The summed E-state index contributed by atoms with van der Waals surface area (Å²) in [4.78, 5) is 0. The van der Waals surface area contributed by atoms with Gasteiger partial charge in [-0.15, -0.1) is 10.2 Å². The number of hydrogen-bond acceptors (Lipinski definition) is 3. The molecule has 1 aromatic rings. The van der Waals surface area contributed by atoms with Gasteiger partial charge in [0, 0.05) is 18.5 Å². The van der Waals surface area contributed by atoms with Crippen molar-refractivity contribution in [2.75, 3.05) is 0 Å². The van der Waals surface area contributed by atoms with Gasteiger partial charge in [-0.25, -0.2) is 0 Å². The van der Waals surface area contributed by atoms with E-state index >= 15 is 0 Å². The lowest BCUT2D eigenvalue weighted by Gasteiger charge is -2.14. The predicted octanol–water partition coefficient (Wildman–Crippen LogP) is 0.893. The van der Waals surface area contributed by atoms with Crippen molar-refractivity contribution < 1.29 is 0 Å². The molecule has 1 fully saturated rings. The van der Waals surface area contributed by atoms with E-state index in [9.17, 15) is 0 Å². The second-order valence-electron chi connectivity index (χ2n) is 3.68. The summed E-state index contributed by atoms with van der Waals surface area (Å²) in [7, 11) is 0. The first kappa shape index (κ1) is 8.69. The van der Waals surface area contributed by atoms with Crippen molar-refractivity contribution in [3.05, 3.63) is 12.2 Å². The number of rotatable bonds is 2. The molecule has 1 aliphatic rings. The van der Waals surface area contributed by atoms with Gasteiger partial charge >= 0.3 is 0 Å². The highest BCUT2D eigenvalue weighted by molar-refractivity contribution is 5.04. The quantitative estimate of drug-likeness (QED) is 0.735. The molecule has 0 aliphatic heterocycles. The minimum absolute atomic E-state index is 0.287. The van der Waals surface area contributed by atoms with Crippen LogP contribution in [0.2, 0.25) is 0 Å². The SMILES string of the molecule is CCn1cnnc1C1CCCC1N. The van der Waals surface area contributed by atoms with Crippen LogP contribution in [0.1, 0.15) is 37.9 Å². The van der Waals surface area contributed by atoms with E-state index in [1.165, 1.54) is 12.8 Å². The lowest BCUT2D eigenvalue weighted by atomic mass is 10.0. The first-order valence-electron chi connectivity index (χ1n) is 4.96. The van der Waals surface area contributed by atoms with Gasteiger partial charge in [0.25, 0.3) is 0 Å². The summed E-state index contributed by atoms with van der Waals surface area (Å²) in [6, 6.07) is 0.287. The van der Waals surface area contributed by atoms with Crippen LogP contribution in [0, 0.1) is 0 Å². The molecule has 72 valence electrons. The van der Waals surface area contributed by atoms with Crippen molar-refractivity contribution >= 4 is 0 Å². The molecule has 2 unspecified atom stereocenters. The van der Waals surface area contributed by atoms with Gasteiger partial charge in [0.1, 0.15) is 12.2 Å². The minimum atomic E-state index is 0.287. The van der Waals surface area contributed by atoms with Crippen LogP contribution in [0.15, 0.2) is 6.33 Å². The number of hydrogen-bond donors (Lipinski definition) is 1. The average Bonchev–Trinajstić information content (AvgIpc) is 2.71. The first-order chi connectivity index (χ1) is 6.33. The van der Waals surface area contributed by atoms with E-state index in [0.717, 1.165) is 18.8 Å². The summed E-state index contributed by atoms with van der Waals surface area (Å²) >= 11 is 0. The largest absolute Gasteiger partial charge is 0.327 e. The number of nitrogens with two attached hydrogens (primary N) is 1. The molecule has 1 aliphatic carbocycles. The smallest absolute Gasteiger partial charge is 0.137 e. The average molecular weight is 180 g/mol. The third kappa shape index (κ3) is 1.46. The monoisotopic (exact) mass is 180 g/mol. The zero-order chi connectivity index (χ0) is 9.26. The van der Waals surface area contributed by atoms with Crippen molar-refractivity contribution in [3.63, 3.8) is 0 Å². The van der Waals surface area contributed by atoms with E-state index in [2.05, 4.69) is 21.7 Å². The summed E-state index contributed by atoms with van der Waals surface area (Å²) in [6.07, 6.45) is 5.31. The molecule has 1 saturated carbocycles. The maximum Gasteiger partial charge on any atom is 0.137 e. The highest BCUT2D eigenvalue weighted by Gasteiger charge is 2.28. The minimum Gasteiger partial charge on any atom is -0.327 e. The van der Waals surface area contributed by atoms with E-state index in [1.54, 1.807) is 6.33 Å². The number of aryl methyl sites for hydroxylation is 1. The van der Waals surface area contributed by atoms with Crippen LogP contribution >= 0.6 is 0 Å². The van der Waals surface area contributed by atoms with Crippen LogP contribution in [-0.4, -0.2) is 20.8 Å². The molecule has 0 aromatic carbocycles. The predicted molar refractivity (Wildman–Crippen MR) is 50.3 cm³/mol. The molecule has 2 rings (SSSR count). The summed E-state index contributed by atoms with van der Waals surface area (Å²) in [5, 5.41) is 8.08. The van der Waals surface area contributed by atoms with E-state index < -0.39 is 0 Å². The molecule has 0 amide bonds. The highest BCUT2D eigenvalue weighted by atomic mass is 15.3. The van der Waals surface area contributed by atoms with E-state index in [4.69, 9.17) is 5.73 Å². The Morgan fingerprint density at radius 1 is 1.62 bits per heavy atom. The molecule has 0 bridgehead atoms. The fourth-order valence-electron chi connectivity index (χ4n) is 2.10. The zero-order valence-corrected chi connectivity index (χ0v) is 7.98. The molecule has 0 spiro atoms. The molecule has 0 saturated heterocycles. The topological polar surface area (TPSA) is 56.7 Å². The van der Waals surface area contributed by atoms with Gasteiger partial charge in [-0.1, -0.05) is 6.42 Å². The molecule has 4 heteroatoms. The summed E-state index contributed by atoms with van der Waals surface area (Å²) in [6.45, 7) is 3.04. The van der Waals surface area contributed by atoms with Crippen molar-refractivity contribution in [1.82, 2.24) is 14.8 Å². The molecule has 0 radical (unpaired) electrons. The Hall–Kier alpha value is -0.900. The number of nitrogens with zero attached hydrogens (tertiary/aromatic N) is 3. The third-order valence-electron chi connectivity index (χ3n) is 2.89. The maximum atomic E-state index is 6.01. The molecule has 13 heavy (non-hydrogen) atoms. The summed E-state index contributed by atoms with van der Waals surface area (Å²) in [5.74, 6) is 1.51. The van der Waals surface area contributed by atoms with Gasteiger partial charge in [0.05, 0.1) is 0 Å². The van der Waals surface area contributed by atoms with Crippen LogP contribution in [0.3, 0.4) is 0 Å². The van der Waals surface area contributed by atoms with Crippen molar-refractivity contribution in [1.29, 1.82) is 0 Å². The Labute approximate surface area is 78.1 Å². The molecule has 2 N–H and O–H groups in total. The maximum absolute atomic E-state index is 6.01. The highest BCUT2D eigenvalue weighted by Crippen LogP contribution is 2.31. The van der Waals surface area contributed by atoms with Gasteiger partial charge in [-0.3, -0.25) is 0 Å². The Kier molecular flexibility index (Phi) is 2.31. The molecular weight excluding hydrogens is 164 g/mol.